The van der Waals surface area contributed by atoms with Crippen LogP contribution >= 0.6 is 0 Å². The van der Waals surface area contributed by atoms with E-state index in [1.807, 2.05) is 25.1 Å². The Bertz CT molecular complexity index is 488. The van der Waals surface area contributed by atoms with E-state index in [9.17, 15) is 4.79 Å². The van der Waals surface area contributed by atoms with Gasteiger partial charge in [-0.2, -0.15) is 0 Å². The molecule has 0 spiro atoms. The van der Waals surface area contributed by atoms with Crippen molar-refractivity contribution < 1.29 is 9.53 Å². The molecule has 0 radical (unpaired) electrons. The number of aryl methyl sites for hydroxylation is 1. The molecule has 4 nitrogen and oxygen atoms in total. The predicted octanol–water partition coefficient (Wildman–Crippen LogP) is 2.97. The van der Waals surface area contributed by atoms with Gasteiger partial charge in [0, 0.05) is 36.9 Å². The monoisotopic (exact) mass is 290 g/mol. The zero-order valence-corrected chi connectivity index (χ0v) is 13.2. The third-order valence-corrected chi connectivity index (χ3v) is 4.13. The van der Waals surface area contributed by atoms with Crippen LogP contribution in [-0.2, 0) is 4.74 Å². The van der Waals surface area contributed by atoms with Crippen LogP contribution in [0.5, 0.6) is 0 Å². The van der Waals surface area contributed by atoms with Gasteiger partial charge in [-0.05, 0) is 50.5 Å². The molecule has 0 saturated carbocycles. The summed E-state index contributed by atoms with van der Waals surface area (Å²) >= 11 is 0. The Labute approximate surface area is 127 Å². The molecule has 1 aliphatic rings. The predicted molar refractivity (Wildman–Crippen MR) is 85.8 cm³/mol. The van der Waals surface area contributed by atoms with E-state index in [1.165, 1.54) is 0 Å². The van der Waals surface area contributed by atoms with E-state index in [-0.39, 0.29) is 5.91 Å². The van der Waals surface area contributed by atoms with E-state index < -0.39 is 0 Å². The van der Waals surface area contributed by atoms with Crippen LogP contribution in [0.15, 0.2) is 18.2 Å². The van der Waals surface area contributed by atoms with Crippen LogP contribution in [0.4, 0.5) is 5.69 Å². The Balaban J connectivity index is 1.94. The number of hydrogen-bond acceptors (Lipinski definition) is 3. The van der Waals surface area contributed by atoms with Crippen molar-refractivity contribution in [1.29, 1.82) is 0 Å². The minimum absolute atomic E-state index is 0.0114. The summed E-state index contributed by atoms with van der Waals surface area (Å²) in [6.45, 7) is 8.56. The van der Waals surface area contributed by atoms with E-state index in [0.717, 1.165) is 42.8 Å². The molecule has 4 heteroatoms. The van der Waals surface area contributed by atoms with Crippen molar-refractivity contribution in [2.75, 3.05) is 25.0 Å². The van der Waals surface area contributed by atoms with Crippen molar-refractivity contribution in [3.05, 3.63) is 29.3 Å². The average Bonchev–Trinajstić information content (AvgIpc) is 2.92. The first-order chi connectivity index (χ1) is 10.2. The molecule has 1 aliphatic heterocycles. The van der Waals surface area contributed by atoms with E-state index in [4.69, 9.17) is 4.74 Å². The zero-order valence-electron chi connectivity index (χ0n) is 13.2. The molecule has 116 valence electrons. The molecular weight excluding hydrogens is 264 g/mol. The SMILES string of the molecule is CCNc1ccc(C(=O)NCC2CCOC2CC)c(C)c1. The number of carbonyl (C=O) groups is 1. The fourth-order valence-electron chi connectivity index (χ4n) is 2.93. The van der Waals surface area contributed by atoms with Gasteiger partial charge in [-0.1, -0.05) is 6.92 Å². The largest absolute Gasteiger partial charge is 0.385 e. The fraction of sp³-hybridized carbons (Fsp3) is 0.588. The van der Waals surface area contributed by atoms with Crippen LogP contribution < -0.4 is 10.6 Å². The zero-order chi connectivity index (χ0) is 15.2. The number of amides is 1. The van der Waals surface area contributed by atoms with Crippen LogP contribution in [0.1, 0.15) is 42.6 Å². The molecule has 1 aromatic carbocycles. The molecule has 2 rings (SSSR count). The number of benzene rings is 1. The van der Waals surface area contributed by atoms with Gasteiger partial charge in [0.25, 0.3) is 5.91 Å². The first-order valence-electron chi connectivity index (χ1n) is 7.90. The van der Waals surface area contributed by atoms with Gasteiger partial charge in [0.1, 0.15) is 0 Å². The molecule has 2 unspecified atom stereocenters. The first-order valence-corrected chi connectivity index (χ1v) is 7.90. The Morgan fingerprint density at radius 2 is 2.19 bits per heavy atom. The molecule has 1 amide bonds. The van der Waals surface area contributed by atoms with Crippen molar-refractivity contribution in [2.24, 2.45) is 5.92 Å². The summed E-state index contributed by atoms with van der Waals surface area (Å²) in [5.74, 6) is 0.456. The number of anilines is 1. The Kier molecular flexibility index (Phi) is 5.62. The summed E-state index contributed by atoms with van der Waals surface area (Å²) < 4.78 is 5.66. The second-order valence-electron chi connectivity index (χ2n) is 5.64. The van der Waals surface area contributed by atoms with Gasteiger partial charge in [-0.3, -0.25) is 4.79 Å². The second-order valence-corrected chi connectivity index (χ2v) is 5.64. The molecule has 1 saturated heterocycles. The molecule has 1 heterocycles. The minimum Gasteiger partial charge on any atom is -0.385 e. The lowest BCUT2D eigenvalue weighted by Crippen LogP contribution is -2.33. The van der Waals surface area contributed by atoms with Gasteiger partial charge in [0.2, 0.25) is 0 Å². The molecule has 2 N–H and O–H groups in total. The topological polar surface area (TPSA) is 50.4 Å². The van der Waals surface area contributed by atoms with Gasteiger partial charge in [0.05, 0.1) is 6.10 Å². The normalized spacial score (nSPS) is 21.3. The van der Waals surface area contributed by atoms with Crippen LogP contribution in [0, 0.1) is 12.8 Å². The van der Waals surface area contributed by atoms with Gasteiger partial charge in [-0.15, -0.1) is 0 Å². The smallest absolute Gasteiger partial charge is 0.251 e. The Hall–Kier alpha value is -1.55. The highest BCUT2D eigenvalue weighted by atomic mass is 16.5. The van der Waals surface area contributed by atoms with Crippen molar-refractivity contribution in [2.45, 2.75) is 39.7 Å². The van der Waals surface area contributed by atoms with Gasteiger partial charge < -0.3 is 15.4 Å². The molecule has 0 aliphatic carbocycles. The highest BCUT2D eigenvalue weighted by Crippen LogP contribution is 2.23. The standard InChI is InChI=1S/C17H26N2O2/c1-4-16-13(8-9-21-16)11-19-17(20)15-7-6-14(18-5-2)10-12(15)3/h6-7,10,13,16,18H,4-5,8-9,11H2,1-3H3,(H,19,20). The van der Waals surface area contributed by atoms with Crippen LogP contribution in [0.2, 0.25) is 0 Å². The maximum absolute atomic E-state index is 12.3. The summed E-state index contributed by atoms with van der Waals surface area (Å²) in [5, 5.41) is 6.31. The van der Waals surface area contributed by atoms with E-state index in [1.54, 1.807) is 0 Å². The Morgan fingerprint density at radius 3 is 2.86 bits per heavy atom. The number of rotatable bonds is 6. The molecular formula is C17H26N2O2. The third-order valence-electron chi connectivity index (χ3n) is 4.13. The van der Waals surface area contributed by atoms with E-state index in [2.05, 4.69) is 24.5 Å². The fourth-order valence-corrected chi connectivity index (χ4v) is 2.93. The maximum atomic E-state index is 12.3. The van der Waals surface area contributed by atoms with Crippen molar-refractivity contribution >= 4 is 11.6 Å². The molecule has 0 aromatic heterocycles. The third kappa shape index (κ3) is 3.97. The summed E-state index contributed by atoms with van der Waals surface area (Å²) in [5.41, 5.74) is 2.81. The van der Waals surface area contributed by atoms with Gasteiger partial charge in [-0.25, -0.2) is 0 Å². The van der Waals surface area contributed by atoms with Crippen molar-refractivity contribution in [3.8, 4) is 0 Å². The second kappa shape index (κ2) is 7.46. The molecule has 1 aromatic rings. The quantitative estimate of drug-likeness (QED) is 0.847. The van der Waals surface area contributed by atoms with E-state index in [0.29, 0.717) is 18.6 Å². The van der Waals surface area contributed by atoms with Crippen molar-refractivity contribution in [1.82, 2.24) is 5.32 Å². The summed E-state index contributed by atoms with van der Waals surface area (Å²) in [6, 6.07) is 5.87. The molecule has 0 bridgehead atoms. The van der Waals surface area contributed by atoms with Crippen LogP contribution in [0.25, 0.3) is 0 Å². The maximum Gasteiger partial charge on any atom is 0.251 e. The number of hydrogen-bond donors (Lipinski definition) is 2. The summed E-state index contributed by atoms with van der Waals surface area (Å²) in [7, 11) is 0. The van der Waals surface area contributed by atoms with Crippen LogP contribution in [0.3, 0.4) is 0 Å². The van der Waals surface area contributed by atoms with Crippen molar-refractivity contribution in [3.63, 3.8) is 0 Å². The summed E-state index contributed by atoms with van der Waals surface area (Å²) in [4.78, 5) is 12.3. The number of nitrogens with one attached hydrogen (secondary N) is 2. The van der Waals surface area contributed by atoms with Gasteiger partial charge in [0.15, 0.2) is 0 Å². The highest BCUT2D eigenvalue weighted by molar-refractivity contribution is 5.96. The molecule has 2 atom stereocenters. The number of ether oxygens (including phenoxy) is 1. The lowest BCUT2D eigenvalue weighted by Gasteiger charge is -2.17. The van der Waals surface area contributed by atoms with Crippen LogP contribution in [-0.4, -0.2) is 31.7 Å². The van der Waals surface area contributed by atoms with E-state index >= 15 is 0 Å². The lowest BCUT2D eigenvalue weighted by molar-refractivity contribution is 0.0826. The number of carbonyl (C=O) groups excluding carboxylic acids is 1. The summed E-state index contributed by atoms with van der Waals surface area (Å²) in [6.07, 6.45) is 2.34. The lowest BCUT2D eigenvalue weighted by atomic mass is 9.99. The first kappa shape index (κ1) is 15.8. The average molecular weight is 290 g/mol. The van der Waals surface area contributed by atoms with Gasteiger partial charge >= 0.3 is 0 Å². The molecule has 21 heavy (non-hydrogen) atoms. The highest BCUT2D eigenvalue weighted by Gasteiger charge is 2.27. The molecule has 1 fully saturated rings. The minimum atomic E-state index is 0.0114. The Morgan fingerprint density at radius 1 is 1.38 bits per heavy atom.